The van der Waals surface area contributed by atoms with Crippen LogP contribution in [0.15, 0.2) is 81.7 Å². The van der Waals surface area contributed by atoms with Gasteiger partial charge in [-0.05, 0) is 31.6 Å². The van der Waals surface area contributed by atoms with Crippen LogP contribution in [0.2, 0.25) is 0 Å². The third-order valence-electron chi connectivity index (χ3n) is 5.05. The molecule has 162 valence electrons. The number of carbonyl (C=O) groups is 1. The van der Waals surface area contributed by atoms with E-state index in [2.05, 4.69) is 4.99 Å². The number of fused-ring (bicyclic) bond motifs is 1. The molecule has 1 aliphatic rings. The molecule has 1 unspecified atom stereocenters. The van der Waals surface area contributed by atoms with Crippen molar-refractivity contribution in [1.82, 2.24) is 4.57 Å². The van der Waals surface area contributed by atoms with Gasteiger partial charge in [0, 0.05) is 5.56 Å². The number of rotatable bonds is 5. The molecule has 0 saturated heterocycles. The van der Waals surface area contributed by atoms with E-state index >= 15 is 0 Å². The molecular weight excluding hydrogens is 427 g/mol. The summed E-state index contributed by atoms with van der Waals surface area (Å²) >= 11 is 1.20. The minimum atomic E-state index is -0.952. The van der Waals surface area contributed by atoms with Crippen LogP contribution in [-0.2, 0) is 9.53 Å². The van der Waals surface area contributed by atoms with Gasteiger partial charge in [-0.3, -0.25) is 9.36 Å². The molecule has 4 rings (SSSR count). The minimum absolute atomic E-state index is 0.161. The van der Waals surface area contributed by atoms with Gasteiger partial charge in [0.25, 0.3) is 5.56 Å². The van der Waals surface area contributed by atoms with Gasteiger partial charge < -0.3 is 4.74 Å². The van der Waals surface area contributed by atoms with Crippen LogP contribution in [0.5, 0.6) is 0 Å². The molecule has 0 fully saturated rings. The van der Waals surface area contributed by atoms with Crippen molar-refractivity contribution in [2.45, 2.75) is 19.9 Å². The van der Waals surface area contributed by atoms with Crippen LogP contribution < -0.4 is 14.9 Å². The molecule has 0 aliphatic carbocycles. The number of carbonyl (C=O) groups excluding carboxylic acids is 1. The maximum absolute atomic E-state index is 14.8. The Labute approximate surface area is 188 Å². The first-order valence-corrected chi connectivity index (χ1v) is 11.0. The normalized spacial score (nSPS) is 16.2. The van der Waals surface area contributed by atoms with Crippen molar-refractivity contribution in [1.29, 1.82) is 0 Å². The summed E-state index contributed by atoms with van der Waals surface area (Å²) < 4.78 is 21.8. The summed E-state index contributed by atoms with van der Waals surface area (Å²) in [5.74, 6) is -1.12. The number of hydrogen-bond acceptors (Lipinski definition) is 5. The highest BCUT2D eigenvalue weighted by atomic mass is 32.1. The van der Waals surface area contributed by atoms with Crippen molar-refractivity contribution in [2.24, 2.45) is 4.99 Å². The zero-order chi connectivity index (χ0) is 22.7. The average Bonchev–Trinajstić information content (AvgIpc) is 3.09. The van der Waals surface area contributed by atoms with Crippen molar-refractivity contribution < 1.29 is 13.9 Å². The molecule has 1 aliphatic heterocycles. The van der Waals surface area contributed by atoms with Gasteiger partial charge in [0.05, 0.1) is 22.4 Å². The minimum Gasteiger partial charge on any atom is -0.463 e. The lowest BCUT2D eigenvalue weighted by Gasteiger charge is -2.24. The highest BCUT2D eigenvalue weighted by Crippen LogP contribution is 2.31. The number of hydrogen-bond donors (Lipinski definition) is 0. The van der Waals surface area contributed by atoms with E-state index in [1.807, 2.05) is 36.4 Å². The molecule has 32 heavy (non-hydrogen) atoms. The van der Waals surface area contributed by atoms with Crippen LogP contribution in [0.3, 0.4) is 0 Å². The topological polar surface area (TPSA) is 60.7 Å². The molecular formula is C25H21FN2O3S. The number of allylic oxidation sites excluding steroid dienone is 2. The number of nitrogens with zero attached hydrogens (tertiary/aromatic N) is 2. The van der Waals surface area contributed by atoms with E-state index in [-0.39, 0.29) is 23.3 Å². The van der Waals surface area contributed by atoms with Gasteiger partial charge in [-0.25, -0.2) is 14.2 Å². The van der Waals surface area contributed by atoms with E-state index in [1.165, 1.54) is 22.0 Å². The molecule has 5 nitrogen and oxygen atoms in total. The van der Waals surface area contributed by atoms with Crippen molar-refractivity contribution in [3.63, 3.8) is 0 Å². The number of esters is 1. The summed E-state index contributed by atoms with van der Waals surface area (Å²) in [6, 6.07) is 14.9. The molecule has 1 aromatic heterocycles. The number of benzene rings is 2. The van der Waals surface area contributed by atoms with Gasteiger partial charge in [-0.1, -0.05) is 72.0 Å². The van der Waals surface area contributed by atoms with E-state index in [0.717, 1.165) is 5.56 Å². The number of thiazole rings is 1. The van der Waals surface area contributed by atoms with E-state index in [1.54, 1.807) is 44.2 Å². The van der Waals surface area contributed by atoms with E-state index in [0.29, 0.717) is 15.0 Å². The summed E-state index contributed by atoms with van der Waals surface area (Å²) in [4.78, 5) is 31.0. The Hall–Kier alpha value is -3.58. The van der Waals surface area contributed by atoms with Gasteiger partial charge in [-0.2, -0.15) is 0 Å². The molecule has 2 heterocycles. The zero-order valence-corrected chi connectivity index (χ0v) is 18.4. The summed E-state index contributed by atoms with van der Waals surface area (Å²) in [7, 11) is 0. The first kappa shape index (κ1) is 21.6. The van der Waals surface area contributed by atoms with E-state index in [4.69, 9.17) is 4.74 Å². The molecule has 0 N–H and O–H groups in total. The quantitative estimate of drug-likeness (QED) is 0.561. The maximum Gasteiger partial charge on any atom is 0.338 e. The Balaban J connectivity index is 1.88. The Bertz CT molecular complexity index is 1400. The third-order valence-corrected chi connectivity index (χ3v) is 6.05. The first-order valence-electron chi connectivity index (χ1n) is 10.2. The number of ether oxygens (including phenoxy) is 1. The number of aromatic nitrogens is 1. The van der Waals surface area contributed by atoms with Crippen molar-refractivity contribution in [2.75, 3.05) is 6.61 Å². The van der Waals surface area contributed by atoms with Crippen LogP contribution in [-0.4, -0.2) is 17.1 Å². The molecule has 0 radical (unpaired) electrons. The van der Waals surface area contributed by atoms with E-state index in [9.17, 15) is 14.0 Å². The fourth-order valence-corrected chi connectivity index (χ4v) is 4.61. The smallest absolute Gasteiger partial charge is 0.338 e. The highest BCUT2D eigenvalue weighted by Gasteiger charge is 2.34. The Morgan fingerprint density at radius 1 is 1.19 bits per heavy atom. The summed E-state index contributed by atoms with van der Waals surface area (Å²) in [5, 5.41) is 0. The fraction of sp³-hybridized carbons (Fsp3) is 0.160. The van der Waals surface area contributed by atoms with Gasteiger partial charge in [0.2, 0.25) is 0 Å². The van der Waals surface area contributed by atoms with Gasteiger partial charge >= 0.3 is 5.97 Å². The second-order valence-corrected chi connectivity index (χ2v) is 8.13. The standard InChI is InChI=1S/C25H21FN2O3S/c1-3-31-24(30)21-16(2)27-25-28(22(21)18-13-7-8-14-19(18)26)23(29)20(32-25)15-9-12-17-10-5-4-6-11-17/h4-15,22H,3H2,1-2H3/b12-9+,20-15?. The molecule has 0 saturated carbocycles. The lowest BCUT2D eigenvalue weighted by atomic mass is 9.95. The molecule has 0 bridgehead atoms. The van der Waals surface area contributed by atoms with Crippen molar-refractivity contribution >= 4 is 29.5 Å². The molecule has 3 aromatic rings. The van der Waals surface area contributed by atoms with E-state index < -0.39 is 17.8 Å². The third kappa shape index (κ3) is 4.11. The van der Waals surface area contributed by atoms with Crippen LogP contribution >= 0.6 is 11.3 Å². The summed E-state index contributed by atoms with van der Waals surface area (Å²) in [6.45, 7) is 3.53. The Morgan fingerprint density at radius 3 is 2.62 bits per heavy atom. The van der Waals surface area contributed by atoms with Crippen LogP contribution in [0.25, 0.3) is 12.2 Å². The van der Waals surface area contributed by atoms with Crippen LogP contribution in [0.4, 0.5) is 4.39 Å². The summed E-state index contributed by atoms with van der Waals surface area (Å²) in [5.41, 5.74) is 1.45. The fourth-order valence-electron chi connectivity index (χ4n) is 3.61. The van der Waals surface area contributed by atoms with Crippen LogP contribution in [0, 0.1) is 5.82 Å². The monoisotopic (exact) mass is 448 g/mol. The molecule has 2 aromatic carbocycles. The first-order chi connectivity index (χ1) is 15.5. The maximum atomic E-state index is 14.8. The van der Waals surface area contributed by atoms with Gasteiger partial charge in [0.15, 0.2) is 4.80 Å². The molecule has 7 heteroatoms. The number of halogens is 1. The predicted molar refractivity (Wildman–Crippen MR) is 123 cm³/mol. The molecule has 0 amide bonds. The van der Waals surface area contributed by atoms with Crippen molar-refractivity contribution in [3.8, 4) is 0 Å². The second-order valence-electron chi connectivity index (χ2n) is 7.12. The SMILES string of the molecule is CCOC(=O)C1=C(C)N=c2sc(=C/C=C/c3ccccc3)c(=O)n2C1c1ccccc1F. The predicted octanol–water partition coefficient (Wildman–Crippen LogP) is 3.60. The average molecular weight is 449 g/mol. The van der Waals surface area contributed by atoms with Crippen molar-refractivity contribution in [3.05, 3.63) is 109 Å². The highest BCUT2D eigenvalue weighted by molar-refractivity contribution is 7.07. The van der Waals surface area contributed by atoms with Gasteiger partial charge in [-0.15, -0.1) is 0 Å². The summed E-state index contributed by atoms with van der Waals surface area (Å²) in [6.07, 6.45) is 5.39. The van der Waals surface area contributed by atoms with Gasteiger partial charge in [0.1, 0.15) is 11.9 Å². The Kier molecular flexibility index (Phi) is 6.28. The zero-order valence-electron chi connectivity index (χ0n) is 17.6. The Morgan fingerprint density at radius 2 is 1.91 bits per heavy atom. The molecule has 0 spiro atoms. The lowest BCUT2D eigenvalue weighted by Crippen LogP contribution is -2.40. The molecule has 1 atom stereocenters. The lowest BCUT2D eigenvalue weighted by molar-refractivity contribution is -0.139. The largest absolute Gasteiger partial charge is 0.463 e. The van der Waals surface area contributed by atoms with Crippen LogP contribution in [0.1, 0.15) is 31.0 Å². The second kappa shape index (κ2) is 9.28.